The Morgan fingerprint density at radius 2 is 0.927 bits per heavy atom. The van der Waals surface area contributed by atoms with Crippen molar-refractivity contribution in [2.75, 3.05) is 13.2 Å². The highest BCUT2D eigenvalue weighted by Crippen LogP contribution is 2.47. The molecule has 0 heterocycles. The molecule has 0 amide bonds. The molecule has 1 fully saturated rings. The van der Waals surface area contributed by atoms with Crippen LogP contribution in [-0.4, -0.2) is 93.3 Å². The molecule has 0 aromatic heterocycles. The molecule has 0 saturated heterocycles. The first-order valence-electron chi connectivity index (χ1n) is 21.8. The Kier molecular flexibility index (Phi) is 30.9. The van der Waals surface area contributed by atoms with Gasteiger partial charge in [0.2, 0.25) is 0 Å². The van der Waals surface area contributed by atoms with Crippen LogP contribution >= 0.6 is 7.82 Å². The maximum atomic E-state index is 14.2. The lowest BCUT2D eigenvalue weighted by molar-refractivity contribution is -0.203. The predicted octanol–water partition coefficient (Wildman–Crippen LogP) is 8.70. The van der Waals surface area contributed by atoms with Crippen molar-refractivity contribution < 1.29 is 62.4 Å². The molecule has 8 atom stereocenters. The van der Waals surface area contributed by atoms with Gasteiger partial charge in [-0.05, 0) is 12.8 Å². The SMILES string of the molecule is CCCCCCCCCCCCCCCC(=O)OC[C@H](COP(=O)(O)OC1C(O)C(O)C(O)C(F)C1O)OC(=O)CCCCCCCCCCCCCCC. The molecule has 1 saturated carbocycles. The minimum absolute atomic E-state index is 0.0903. The second-order valence-electron chi connectivity index (χ2n) is 15.5. The van der Waals surface area contributed by atoms with Crippen molar-refractivity contribution in [3.63, 3.8) is 0 Å². The van der Waals surface area contributed by atoms with Gasteiger partial charge in [0.05, 0.1) is 6.61 Å². The first kappa shape index (κ1) is 51.8. The van der Waals surface area contributed by atoms with Gasteiger partial charge in [0, 0.05) is 12.8 Å². The normalized spacial score (nSPS) is 23.0. The van der Waals surface area contributed by atoms with Crippen LogP contribution in [-0.2, 0) is 32.7 Å². The molecule has 0 spiro atoms. The van der Waals surface area contributed by atoms with Crippen LogP contribution in [0.4, 0.5) is 4.39 Å². The zero-order valence-electron chi connectivity index (χ0n) is 34.2. The molecule has 12 nitrogen and oxygen atoms in total. The second-order valence-corrected chi connectivity index (χ2v) is 16.9. The number of phosphoric ester groups is 1. The molecule has 7 unspecified atom stereocenters. The summed E-state index contributed by atoms with van der Waals surface area (Å²) in [4.78, 5) is 35.5. The fraction of sp³-hybridized carbons (Fsp3) is 0.951. The largest absolute Gasteiger partial charge is 0.472 e. The number of alkyl halides is 1. The molecule has 0 bridgehead atoms. The second kappa shape index (κ2) is 32.7. The Morgan fingerprint density at radius 3 is 1.35 bits per heavy atom. The van der Waals surface area contributed by atoms with Gasteiger partial charge in [0.15, 0.2) is 12.3 Å². The van der Waals surface area contributed by atoms with E-state index in [1.165, 1.54) is 109 Å². The first-order chi connectivity index (χ1) is 26.4. The van der Waals surface area contributed by atoms with E-state index in [9.17, 15) is 43.9 Å². The molecule has 326 valence electrons. The summed E-state index contributed by atoms with van der Waals surface area (Å²) >= 11 is 0. The van der Waals surface area contributed by atoms with Crippen molar-refractivity contribution in [1.82, 2.24) is 0 Å². The van der Waals surface area contributed by atoms with Crippen LogP contribution in [0.2, 0.25) is 0 Å². The number of rotatable bonds is 36. The number of phosphoric acid groups is 1. The van der Waals surface area contributed by atoms with E-state index in [2.05, 4.69) is 13.8 Å². The predicted molar refractivity (Wildman–Crippen MR) is 211 cm³/mol. The smallest absolute Gasteiger partial charge is 0.462 e. The lowest BCUT2D eigenvalue weighted by Crippen LogP contribution is -2.62. The maximum Gasteiger partial charge on any atom is 0.472 e. The third-order valence-electron chi connectivity index (χ3n) is 10.4. The van der Waals surface area contributed by atoms with Crippen molar-refractivity contribution in [1.29, 1.82) is 0 Å². The standard InChI is InChI=1S/C41H78FO12P/c1-3-5-7-9-11-13-15-17-19-21-23-25-27-29-34(43)51-31-33(32-52-55(49,50)54-41-38(46)36(42)37(45)39(47)40(41)48)53-35(44)30-28-26-24-22-20-18-16-14-12-10-8-6-4-2/h33,36-41,45-48H,3-32H2,1-2H3,(H,49,50)/t33-,36?,37?,38?,39?,40?,41?/m1/s1. The molecule has 0 aromatic rings. The Hall–Kier alpha value is -1.18. The number of aliphatic hydroxyl groups is 4. The van der Waals surface area contributed by atoms with Gasteiger partial charge in [0.1, 0.15) is 37.1 Å². The maximum absolute atomic E-state index is 14.2. The number of carbonyl (C=O) groups is 2. The minimum Gasteiger partial charge on any atom is -0.462 e. The van der Waals surface area contributed by atoms with Crippen LogP contribution in [0.5, 0.6) is 0 Å². The van der Waals surface area contributed by atoms with Crippen molar-refractivity contribution in [3.05, 3.63) is 0 Å². The van der Waals surface area contributed by atoms with Crippen LogP contribution in [0.15, 0.2) is 0 Å². The van der Waals surface area contributed by atoms with Crippen molar-refractivity contribution in [2.45, 2.75) is 236 Å². The molecule has 0 aromatic carbocycles. The van der Waals surface area contributed by atoms with Crippen LogP contribution in [0.25, 0.3) is 0 Å². The highest BCUT2D eigenvalue weighted by atomic mass is 31.2. The third-order valence-corrected chi connectivity index (χ3v) is 11.4. The first-order valence-corrected chi connectivity index (χ1v) is 23.3. The van der Waals surface area contributed by atoms with Gasteiger partial charge < -0.3 is 34.8 Å². The summed E-state index contributed by atoms with van der Waals surface area (Å²) in [5, 5.41) is 39.7. The van der Waals surface area contributed by atoms with Gasteiger partial charge in [-0.1, -0.05) is 168 Å². The topological polar surface area (TPSA) is 189 Å². The summed E-state index contributed by atoms with van der Waals surface area (Å²) in [6.07, 6.45) is 15.9. The lowest BCUT2D eigenvalue weighted by Gasteiger charge is -2.40. The average Bonchev–Trinajstić information content (AvgIpc) is 3.16. The summed E-state index contributed by atoms with van der Waals surface area (Å²) in [5.74, 6) is -1.12. The highest BCUT2D eigenvalue weighted by molar-refractivity contribution is 7.47. The third kappa shape index (κ3) is 25.7. The number of aliphatic hydroxyl groups excluding tert-OH is 4. The van der Waals surface area contributed by atoms with Crippen LogP contribution < -0.4 is 0 Å². The highest BCUT2D eigenvalue weighted by Gasteiger charge is 2.52. The molecule has 1 aliphatic rings. The van der Waals surface area contributed by atoms with Gasteiger partial charge in [-0.15, -0.1) is 0 Å². The lowest BCUT2D eigenvalue weighted by atomic mass is 9.86. The van der Waals surface area contributed by atoms with Gasteiger partial charge >= 0.3 is 19.8 Å². The average molecular weight is 813 g/mol. The van der Waals surface area contributed by atoms with E-state index in [-0.39, 0.29) is 12.8 Å². The number of esters is 2. The van der Waals surface area contributed by atoms with Crippen LogP contribution in [0.3, 0.4) is 0 Å². The number of carbonyl (C=O) groups excluding carboxylic acids is 2. The van der Waals surface area contributed by atoms with Gasteiger partial charge in [-0.2, -0.15) is 0 Å². The Morgan fingerprint density at radius 1 is 0.545 bits per heavy atom. The molecule has 1 aliphatic carbocycles. The van der Waals surface area contributed by atoms with E-state index in [0.29, 0.717) is 12.8 Å². The fourth-order valence-corrected chi connectivity index (χ4v) is 7.82. The van der Waals surface area contributed by atoms with Crippen molar-refractivity contribution in [2.24, 2.45) is 0 Å². The van der Waals surface area contributed by atoms with E-state index in [1.54, 1.807) is 0 Å². The summed E-state index contributed by atoms with van der Waals surface area (Å²) in [6.45, 7) is 3.24. The van der Waals surface area contributed by atoms with Gasteiger partial charge in [0.25, 0.3) is 0 Å². The van der Waals surface area contributed by atoms with E-state index in [0.717, 1.165) is 44.9 Å². The molecule has 0 radical (unpaired) electrons. The van der Waals surface area contributed by atoms with Crippen molar-refractivity contribution >= 4 is 19.8 Å². The summed E-state index contributed by atoms with van der Waals surface area (Å²) < 4.78 is 47.5. The van der Waals surface area contributed by atoms with E-state index >= 15 is 0 Å². The zero-order valence-corrected chi connectivity index (χ0v) is 35.1. The summed E-state index contributed by atoms with van der Waals surface area (Å²) in [6, 6.07) is 0. The number of halogens is 1. The zero-order chi connectivity index (χ0) is 40.7. The van der Waals surface area contributed by atoms with Crippen LogP contribution in [0.1, 0.15) is 194 Å². The fourth-order valence-electron chi connectivity index (χ4n) is 6.85. The van der Waals surface area contributed by atoms with Gasteiger partial charge in [-0.3, -0.25) is 18.6 Å². The number of hydrogen-bond donors (Lipinski definition) is 5. The Bertz CT molecular complexity index is 990. The molecular weight excluding hydrogens is 734 g/mol. The molecule has 14 heteroatoms. The molecule has 0 aliphatic heterocycles. The quantitative estimate of drug-likeness (QED) is 0.0230. The molecule has 55 heavy (non-hydrogen) atoms. The number of unbranched alkanes of at least 4 members (excludes halogenated alkanes) is 24. The molecule has 5 N–H and O–H groups in total. The number of ether oxygens (including phenoxy) is 2. The Balaban J connectivity index is 2.48. The monoisotopic (exact) mass is 813 g/mol. The molecular formula is C41H78FO12P. The van der Waals surface area contributed by atoms with E-state index in [4.69, 9.17) is 18.5 Å². The number of hydrogen-bond acceptors (Lipinski definition) is 11. The van der Waals surface area contributed by atoms with Crippen LogP contribution in [0, 0.1) is 0 Å². The summed E-state index contributed by atoms with van der Waals surface area (Å²) in [5.41, 5.74) is 0. The van der Waals surface area contributed by atoms with Crippen molar-refractivity contribution in [3.8, 4) is 0 Å². The minimum atomic E-state index is -5.16. The summed E-state index contributed by atoms with van der Waals surface area (Å²) in [7, 11) is -5.16. The van der Waals surface area contributed by atoms with E-state index < -0.39 is 75.8 Å². The Labute approximate surface area is 331 Å². The van der Waals surface area contributed by atoms with E-state index in [1.807, 2.05) is 0 Å². The van der Waals surface area contributed by atoms with Gasteiger partial charge in [-0.25, -0.2) is 8.96 Å². The molecule has 1 rings (SSSR count).